The first kappa shape index (κ1) is 20.4. The molecule has 2 aliphatic heterocycles. The smallest absolute Gasteiger partial charge is 0.328 e. The van der Waals surface area contributed by atoms with E-state index in [1.54, 1.807) is 7.11 Å². The SMILES string of the molecule is CCOC1C2=C(NP(=S)(c3ccc(OC)cc3)SC2=S)Oc2[nH]c(=O)[nH]c(=O)c21. The zero-order valence-electron chi connectivity index (χ0n) is 15.3. The van der Waals surface area contributed by atoms with Crippen LogP contribution in [0.25, 0.3) is 0 Å². The topological polar surface area (TPSA) is 105 Å². The van der Waals surface area contributed by atoms with Gasteiger partial charge in [0.05, 0.1) is 16.9 Å². The van der Waals surface area contributed by atoms with E-state index in [1.165, 1.54) is 11.4 Å². The molecule has 152 valence electrons. The number of aromatic amines is 2. The van der Waals surface area contributed by atoms with Crippen molar-refractivity contribution in [1.82, 2.24) is 15.1 Å². The van der Waals surface area contributed by atoms with Crippen molar-refractivity contribution < 1.29 is 14.2 Å². The second-order valence-electron chi connectivity index (χ2n) is 6.07. The zero-order chi connectivity index (χ0) is 20.8. The molecule has 29 heavy (non-hydrogen) atoms. The van der Waals surface area contributed by atoms with Gasteiger partial charge >= 0.3 is 5.69 Å². The fourth-order valence-electron chi connectivity index (χ4n) is 3.05. The highest BCUT2D eigenvalue weighted by Gasteiger charge is 2.42. The summed E-state index contributed by atoms with van der Waals surface area (Å²) >= 11 is 12.9. The summed E-state index contributed by atoms with van der Waals surface area (Å²) in [4.78, 5) is 28.9. The van der Waals surface area contributed by atoms with Crippen LogP contribution in [0.2, 0.25) is 0 Å². The minimum absolute atomic E-state index is 0.0226. The zero-order valence-corrected chi connectivity index (χ0v) is 18.7. The van der Waals surface area contributed by atoms with Crippen molar-refractivity contribution in [3.63, 3.8) is 0 Å². The van der Waals surface area contributed by atoms with Crippen LogP contribution < -0.4 is 31.1 Å². The molecule has 0 saturated heterocycles. The standard InChI is InChI=1S/C17H16N3O5PS3/c1-3-24-12-10-13(21)18-17(22)19-14(10)25-15-11(12)16(27)29-26(28,20-15)9-6-4-8(23-2)5-7-9/h4-7,12H,3H2,1-2H3,(H,20,28)(H2,18,19,21,22). The number of hydrogen-bond acceptors (Lipinski definition) is 8. The fourth-order valence-corrected chi connectivity index (χ4v) is 9.81. The van der Waals surface area contributed by atoms with Crippen LogP contribution in [0.4, 0.5) is 0 Å². The highest BCUT2D eigenvalue weighted by atomic mass is 32.9. The summed E-state index contributed by atoms with van der Waals surface area (Å²) in [5, 5.41) is 1.74. The third kappa shape index (κ3) is 3.57. The van der Waals surface area contributed by atoms with Gasteiger partial charge in [-0.2, -0.15) is 0 Å². The van der Waals surface area contributed by atoms with Crippen molar-refractivity contribution in [3.8, 4) is 11.6 Å². The molecule has 3 heterocycles. The third-order valence-electron chi connectivity index (χ3n) is 4.34. The highest BCUT2D eigenvalue weighted by molar-refractivity contribution is 8.79. The van der Waals surface area contributed by atoms with Crippen LogP contribution in [0.3, 0.4) is 0 Å². The maximum atomic E-state index is 12.4. The molecule has 1 aromatic heterocycles. The summed E-state index contributed by atoms with van der Waals surface area (Å²) in [7, 11) is 1.59. The number of fused-ring (bicyclic) bond motifs is 1. The normalized spacial score (nSPS) is 23.0. The second kappa shape index (κ2) is 7.73. The highest BCUT2D eigenvalue weighted by Crippen LogP contribution is 2.61. The Bertz CT molecular complexity index is 1190. The molecule has 2 atom stereocenters. The molecule has 4 rings (SSSR count). The monoisotopic (exact) mass is 469 g/mol. The van der Waals surface area contributed by atoms with Crippen LogP contribution in [0.15, 0.2) is 45.3 Å². The molecule has 0 radical (unpaired) electrons. The maximum Gasteiger partial charge on any atom is 0.328 e. The minimum Gasteiger partial charge on any atom is -0.497 e. The Labute approximate surface area is 179 Å². The Morgan fingerprint density at radius 2 is 1.97 bits per heavy atom. The Hall–Kier alpha value is -1.91. The fraction of sp³-hybridized carbons (Fsp3) is 0.235. The summed E-state index contributed by atoms with van der Waals surface area (Å²) in [5.74, 6) is 1.05. The van der Waals surface area contributed by atoms with Crippen LogP contribution in [-0.2, 0) is 16.5 Å². The molecule has 0 saturated carbocycles. The van der Waals surface area contributed by atoms with E-state index in [9.17, 15) is 9.59 Å². The molecule has 0 aliphatic carbocycles. The lowest BCUT2D eigenvalue weighted by atomic mass is 10.0. The lowest BCUT2D eigenvalue weighted by Crippen LogP contribution is -2.38. The van der Waals surface area contributed by atoms with Crippen LogP contribution >= 0.6 is 29.0 Å². The predicted octanol–water partition coefficient (Wildman–Crippen LogP) is 2.05. The molecule has 12 heteroatoms. The van der Waals surface area contributed by atoms with Crippen molar-refractivity contribution in [1.29, 1.82) is 0 Å². The van der Waals surface area contributed by atoms with Gasteiger partial charge in [-0.3, -0.25) is 14.8 Å². The molecule has 0 fully saturated rings. The Kier molecular flexibility index (Phi) is 5.43. The average molecular weight is 470 g/mol. The molecule has 8 nitrogen and oxygen atoms in total. The lowest BCUT2D eigenvalue weighted by Gasteiger charge is -2.37. The first-order valence-corrected chi connectivity index (χ1v) is 13.2. The lowest BCUT2D eigenvalue weighted by molar-refractivity contribution is 0.0805. The van der Waals surface area contributed by atoms with Crippen molar-refractivity contribution in [2.45, 2.75) is 13.0 Å². The predicted molar refractivity (Wildman–Crippen MR) is 120 cm³/mol. The van der Waals surface area contributed by atoms with E-state index in [4.69, 9.17) is 38.2 Å². The number of H-pyrrole nitrogens is 2. The van der Waals surface area contributed by atoms with Crippen LogP contribution in [0.1, 0.15) is 18.6 Å². The van der Waals surface area contributed by atoms with Crippen molar-refractivity contribution >= 4 is 50.3 Å². The van der Waals surface area contributed by atoms with Crippen LogP contribution in [0, 0.1) is 0 Å². The van der Waals surface area contributed by atoms with Gasteiger partial charge < -0.3 is 19.3 Å². The van der Waals surface area contributed by atoms with E-state index in [0.29, 0.717) is 22.3 Å². The number of nitrogens with one attached hydrogen (secondary N) is 3. The summed E-state index contributed by atoms with van der Waals surface area (Å²) in [6.07, 6.45) is -0.772. The van der Waals surface area contributed by atoms with Crippen molar-refractivity contribution in [3.05, 3.63) is 62.1 Å². The Morgan fingerprint density at radius 1 is 1.24 bits per heavy atom. The van der Waals surface area contributed by atoms with Crippen molar-refractivity contribution in [2.24, 2.45) is 0 Å². The van der Waals surface area contributed by atoms with Gasteiger partial charge in [0.15, 0.2) is 0 Å². The molecule has 0 spiro atoms. The summed E-state index contributed by atoms with van der Waals surface area (Å²) in [6.45, 7) is 2.14. The molecular formula is C17H16N3O5PS3. The van der Waals surface area contributed by atoms with Gasteiger partial charge in [0, 0.05) is 11.9 Å². The molecule has 3 N–H and O–H groups in total. The largest absolute Gasteiger partial charge is 0.497 e. The molecular weight excluding hydrogens is 453 g/mol. The average Bonchev–Trinajstić information content (AvgIpc) is 2.67. The van der Waals surface area contributed by atoms with Gasteiger partial charge in [0.25, 0.3) is 5.56 Å². The third-order valence-corrected chi connectivity index (χ3v) is 11.1. The minimum atomic E-state index is -2.44. The first-order chi connectivity index (χ1) is 13.9. The van der Waals surface area contributed by atoms with Gasteiger partial charge in [0.1, 0.15) is 22.8 Å². The van der Waals surface area contributed by atoms with Gasteiger partial charge in [-0.25, -0.2) is 4.79 Å². The van der Waals surface area contributed by atoms with Gasteiger partial charge in [-0.1, -0.05) is 35.4 Å². The molecule has 0 amide bonds. The first-order valence-electron chi connectivity index (χ1n) is 8.53. The van der Waals surface area contributed by atoms with E-state index >= 15 is 0 Å². The summed E-state index contributed by atoms with van der Waals surface area (Å²) in [6, 6.07) is 7.43. The number of methoxy groups -OCH3 is 1. The van der Waals surface area contributed by atoms with Gasteiger partial charge in [-0.15, -0.1) is 0 Å². The Morgan fingerprint density at radius 3 is 2.62 bits per heavy atom. The number of aromatic nitrogens is 2. The van der Waals surface area contributed by atoms with E-state index in [1.807, 2.05) is 31.2 Å². The molecule has 1 aromatic carbocycles. The van der Waals surface area contributed by atoms with Gasteiger partial charge in [-0.05, 0) is 31.2 Å². The number of hydrogen-bond donors (Lipinski definition) is 3. The van der Waals surface area contributed by atoms with Crippen molar-refractivity contribution in [2.75, 3.05) is 13.7 Å². The Balaban J connectivity index is 1.81. The number of rotatable bonds is 4. The van der Waals surface area contributed by atoms with E-state index in [2.05, 4.69) is 15.1 Å². The van der Waals surface area contributed by atoms with E-state index < -0.39 is 22.7 Å². The number of benzene rings is 1. The van der Waals surface area contributed by atoms with Gasteiger partial charge in [0.2, 0.25) is 11.8 Å². The van der Waals surface area contributed by atoms with E-state index in [-0.39, 0.29) is 11.4 Å². The molecule has 2 unspecified atom stereocenters. The van der Waals surface area contributed by atoms with E-state index in [0.717, 1.165) is 11.1 Å². The number of ether oxygens (including phenoxy) is 3. The molecule has 0 bridgehead atoms. The summed E-state index contributed by atoms with van der Waals surface area (Å²) < 4.78 is 17.4. The van der Waals surface area contributed by atoms with Crippen LogP contribution in [-0.4, -0.2) is 27.9 Å². The second-order valence-corrected chi connectivity index (χ2v) is 13.7. The quantitative estimate of drug-likeness (QED) is 0.458. The summed E-state index contributed by atoms with van der Waals surface area (Å²) in [5.41, 5.74) is -0.544. The number of thiocarbonyl (C=S) groups is 1. The molecule has 2 aliphatic rings. The molecule has 2 aromatic rings. The van der Waals surface area contributed by atoms with Crippen LogP contribution in [0.5, 0.6) is 11.6 Å². The maximum absolute atomic E-state index is 12.4.